The second-order valence-corrected chi connectivity index (χ2v) is 4.44. The second kappa shape index (κ2) is 5.12. The largest absolute Gasteiger partial charge is 0.481 e. The standard InChI is InChI=1S/C13H11F3N2O3/c1-7-8(6-11(19)20)12(21)18(17-7)10-5-3-2-4-9(10)13(14,15)16/h2-5,17H,6H2,1H3,(H,19,20). The Morgan fingerprint density at radius 2 is 1.95 bits per heavy atom. The first-order valence-electron chi connectivity index (χ1n) is 5.90. The van der Waals surface area contributed by atoms with Crippen molar-refractivity contribution in [1.29, 1.82) is 0 Å². The van der Waals surface area contributed by atoms with E-state index in [0.717, 1.165) is 16.8 Å². The minimum Gasteiger partial charge on any atom is -0.481 e. The second-order valence-electron chi connectivity index (χ2n) is 4.44. The van der Waals surface area contributed by atoms with Crippen molar-refractivity contribution in [2.24, 2.45) is 0 Å². The smallest absolute Gasteiger partial charge is 0.418 e. The van der Waals surface area contributed by atoms with Gasteiger partial charge in [-0.2, -0.15) is 13.2 Å². The molecule has 1 heterocycles. The summed E-state index contributed by atoms with van der Waals surface area (Å²) in [6.07, 6.45) is -5.18. The highest BCUT2D eigenvalue weighted by Crippen LogP contribution is 2.33. The number of aromatic nitrogens is 2. The summed E-state index contributed by atoms with van der Waals surface area (Å²) in [6, 6.07) is 4.58. The number of hydrogen-bond donors (Lipinski definition) is 2. The molecule has 21 heavy (non-hydrogen) atoms. The predicted octanol–water partition coefficient (Wildman–Crippen LogP) is 2.12. The Bertz CT molecular complexity index is 744. The maximum Gasteiger partial charge on any atom is 0.418 e. The summed E-state index contributed by atoms with van der Waals surface area (Å²) in [4.78, 5) is 22.8. The summed E-state index contributed by atoms with van der Waals surface area (Å²) in [5, 5.41) is 11.2. The van der Waals surface area contributed by atoms with Gasteiger partial charge in [0, 0.05) is 5.69 Å². The number of benzene rings is 1. The van der Waals surface area contributed by atoms with E-state index in [1.54, 1.807) is 0 Å². The van der Waals surface area contributed by atoms with Crippen LogP contribution in [0.2, 0.25) is 0 Å². The van der Waals surface area contributed by atoms with E-state index >= 15 is 0 Å². The molecule has 2 N–H and O–H groups in total. The maximum absolute atomic E-state index is 13.0. The van der Waals surface area contributed by atoms with Gasteiger partial charge in [-0.1, -0.05) is 12.1 Å². The fourth-order valence-corrected chi connectivity index (χ4v) is 2.02. The van der Waals surface area contributed by atoms with E-state index < -0.39 is 29.7 Å². The molecule has 1 aromatic heterocycles. The Kier molecular flexibility index (Phi) is 3.63. The zero-order valence-corrected chi connectivity index (χ0v) is 10.9. The van der Waals surface area contributed by atoms with Crippen molar-refractivity contribution in [2.75, 3.05) is 0 Å². The number of para-hydroxylation sites is 1. The van der Waals surface area contributed by atoms with Crippen molar-refractivity contribution in [3.8, 4) is 5.69 Å². The lowest BCUT2D eigenvalue weighted by molar-refractivity contribution is -0.138. The van der Waals surface area contributed by atoms with E-state index in [1.165, 1.54) is 19.1 Å². The number of halogens is 3. The van der Waals surface area contributed by atoms with Gasteiger partial charge >= 0.3 is 12.1 Å². The molecule has 0 bridgehead atoms. The van der Waals surface area contributed by atoms with E-state index in [-0.39, 0.29) is 16.9 Å². The van der Waals surface area contributed by atoms with Gasteiger partial charge in [-0.3, -0.25) is 14.7 Å². The first kappa shape index (κ1) is 14.9. The summed E-state index contributed by atoms with van der Waals surface area (Å²) in [5.41, 5.74) is -1.99. The van der Waals surface area contributed by atoms with Crippen molar-refractivity contribution < 1.29 is 23.1 Å². The number of carboxylic acids is 1. The lowest BCUT2D eigenvalue weighted by Gasteiger charge is -2.12. The fourth-order valence-electron chi connectivity index (χ4n) is 2.02. The van der Waals surface area contributed by atoms with Crippen LogP contribution >= 0.6 is 0 Å². The van der Waals surface area contributed by atoms with Crippen LogP contribution in [0.25, 0.3) is 5.69 Å². The Hall–Kier alpha value is -2.51. The van der Waals surface area contributed by atoms with Gasteiger partial charge in [-0.05, 0) is 19.1 Å². The number of H-pyrrole nitrogens is 1. The zero-order valence-electron chi connectivity index (χ0n) is 10.9. The Balaban J connectivity index is 2.65. The van der Waals surface area contributed by atoms with Gasteiger partial charge < -0.3 is 5.11 Å². The summed E-state index contributed by atoms with van der Waals surface area (Å²) in [6.45, 7) is 1.44. The number of rotatable bonds is 3. The van der Waals surface area contributed by atoms with Crippen LogP contribution in [0.5, 0.6) is 0 Å². The molecule has 0 saturated heterocycles. The molecule has 0 fully saturated rings. The van der Waals surface area contributed by atoms with Gasteiger partial charge in [-0.15, -0.1) is 0 Å². The highest BCUT2D eigenvalue weighted by Gasteiger charge is 2.34. The van der Waals surface area contributed by atoms with E-state index in [4.69, 9.17) is 5.11 Å². The SMILES string of the molecule is Cc1[nH]n(-c2ccccc2C(F)(F)F)c(=O)c1CC(=O)O. The molecule has 0 atom stereocenters. The fraction of sp³-hybridized carbons (Fsp3) is 0.231. The summed E-state index contributed by atoms with van der Waals surface area (Å²) in [5.74, 6) is -1.23. The van der Waals surface area contributed by atoms with Gasteiger partial charge in [0.25, 0.3) is 5.56 Å². The van der Waals surface area contributed by atoms with Crippen LogP contribution in [0.3, 0.4) is 0 Å². The van der Waals surface area contributed by atoms with Crippen molar-refractivity contribution in [3.63, 3.8) is 0 Å². The van der Waals surface area contributed by atoms with E-state index in [2.05, 4.69) is 5.10 Å². The van der Waals surface area contributed by atoms with E-state index in [9.17, 15) is 22.8 Å². The number of hydrogen-bond acceptors (Lipinski definition) is 2. The summed E-state index contributed by atoms with van der Waals surface area (Å²) < 4.78 is 39.6. The molecule has 0 unspecified atom stereocenters. The van der Waals surface area contributed by atoms with Crippen LogP contribution in [0.4, 0.5) is 13.2 Å². The molecule has 5 nitrogen and oxygen atoms in total. The number of aliphatic carboxylic acids is 1. The summed E-state index contributed by atoms with van der Waals surface area (Å²) >= 11 is 0. The number of nitrogens with zero attached hydrogens (tertiary/aromatic N) is 1. The van der Waals surface area contributed by atoms with Crippen molar-refractivity contribution >= 4 is 5.97 Å². The minimum absolute atomic E-state index is 0.0699. The first-order valence-corrected chi connectivity index (χ1v) is 5.90. The highest BCUT2D eigenvalue weighted by molar-refractivity contribution is 5.70. The molecular weight excluding hydrogens is 289 g/mol. The monoisotopic (exact) mass is 300 g/mol. The number of aryl methyl sites for hydroxylation is 1. The molecule has 0 aliphatic heterocycles. The Morgan fingerprint density at radius 1 is 1.33 bits per heavy atom. The van der Waals surface area contributed by atoms with Crippen molar-refractivity contribution in [3.05, 3.63) is 51.4 Å². The lowest BCUT2D eigenvalue weighted by Crippen LogP contribution is -2.22. The number of alkyl halides is 3. The van der Waals surface area contributed by atoms with Gasteiger partial charge in [-0.25, -0.2) is 4.68 Å². The molecule has 112 valence electrons. The average molecular weight is 300 g/mol. The normalized spacial score (nSPS) is 11.6. The molecule has 0 amide bonds. The van der Waals surface area contributed by atoms with Crippen molar-refractivity contribution in [2.45, 2.75) is 19.5 Å². The van der Waals surface area contributed by atoms with E-state index in [1.807, 2.05) is 0 Å². The molecule has 8 heteroatoms. The zero-order chi connectivity index (χ0) is 15.8. The predicted molar refractivity (Wildman–Crippen MR) is 67.5 cm³/mol. The molecule has 2 aromatic rings. The third kappa shape index (κ3) is 2.83. The van der Waals surface area contributed by atoms with Gasteiger partial charge in [0.2, 0.25) is 0 Å². The minimum atomic E-state index is -4.62. The average Bonchev–Trinajstić information content (AvgIpc) is 2.65. The van der Waals surface area contributed by atoms with Crippen LogP contribution in [0, 0.1) is 6.92 Å². The molecule has 0 aliphatic rings. The first-order chi connectivity index (χ1) is 9.71. The topological polar surface area (TPSA) is 75.1 Å². The Morgan fingerprint density at radius 3 is 2.52 bits per heavy atom. The molecular formula is C13H11F3N2O3. The third-order valence-corrected chi connectivity index (χ3v) is 2.97. The molecule has 1 aromatic carbocycles. The lowest BCUT2D eigenvalue weighted by atomic mass is 10.1. The quantitative estimate of drug-likeness (QED) is 0.911. The van der Waals surface area contributed by atoms with Gasteiger partial charge in [0.15, 0.2) is 0 Å². The van der Waals surface area contributed by atoms with Gasteiger partial charge in [0.1, 0.15) is 0 Å². The maximum atomic E-state index is 13.0. The Labute approximate surface area is 116 Å². The van der Waals surface area contributed by atoms with Crippen LogP contribution in [-0.2, 0) is 17.4 Å². The highest BCUT2D eigenvalue weighted by atomic mass is 19.4. The number of aromatic amines is 1. The van der Waals surface area contributed by atoms with Crippen LogP contribution in [0.1, 0.15) is 16.8 Å². The van der Waals surface area contributed by atoms with Gasteiger partial charge in [0.05, 0.1) is 23.2 Å². The molecule has 0 radical (unpaired) electrons. The van der Waals surface area contributed by atoms with Crippen LogP contribution < -0.4 is 5.56 Å². The molecule has 2 rings (SSSR count). The van der Waals surface area contributed by atoms with E-state index in [0.29, 0.717) is 0 Å². The number of carbonyl (C=O) groups is 1. The van der Waals surface area contributed by atoms with Crippen LogP contribution in [-0.4, -0.2) is 20.9 Å². The molecule has 0 saturated carbocycles. The third-order valence-electron chi connectivity index (χ3n) is 2.97. The summed E-state index contributed by atoms with van der Waals surface area (Å²) in [7, 11) is 0. The van der Waals surface area contributed by atoms with Crippen LogP contribution in [0.15, 0.2) is 29.1 Å². The molecule has 0 spiro atoms. The number of nitrogens with one attached hydrogen (secondary N) is 1. The molecule has 0 aliphatic carbocycles. The van der Waals surface area contributed by atoms with Crippen molar-refractivity contribution in [1.82, 2.24) is 9.78 Å². The number of carboxylic acid groups (broad SMARTS) is 1.